The van der Waals surface area contributed by atoms with E-state index in [2.05, 4.69) is 15.9 Å². The van der Waals surface area contributed by atoms with E-state index in [1.165, 1.54) is 6.07 Å². The molecule has 0 spiro atoms. The molecule has 0 aliphatic rings. The van der Waals surface area contributed by atoms with E-state index in [9.17, 15) is 10.1 Å². The maximum absolute atomic E-state index is 10.9. The van der Waals surface area contributed by atoms with Crippen molar-refractivity contribution in [2.24, 2.45) is 0 Å². The van der Waals surface area contributed by atoms with Crippen LogP contribution in [0.25, 0.3) is 0 Å². The topological polar surface area (TPSA) is 43.1 Å². The van der Waals surface area contributed by atoms with Gasteiger partial charge in [0.2, 0.25) is 0 Å². The molecule has 0 heterocycles. The molecule has 17 heavy (non-hydrogen) atoms. The van der Waals surface area contributed by atoms with Gasteiger partial charge in [-0.1, -0.05) is 52.3 Å². The minimum Gasteiger partial charge on any atom is -0.258 e. The molecule has 2 aromatic carbocycles. The van der Waals surface area contributed by atoms with Crippen molar-refractivity contribution < 1.29 is 4.92 Å². The summed E-state index contributed by atoms with van der Waals surface area (Å²) in [5, 5.41) is 10.9. The Kier molecular flexibility index (Phi) is 3.54. The van der Waals surface area contributed by atoms with Gasteiger partial charge in [-0.3, -0.25) is 10.1 Å². The number of hydrogen-bond donors (Lipinski definition) is 0. The van der Waals surface area contributed by atoms with Gasteiger partial charge < -0.3 is 0 Å². The lowest BCUT2D eigenvalue weighted by Gasteiger charge is -2.05. The molecule has 0 atom stereocenters. The Bertz CT molecular complexity index is 540. The normalized spacial score (nSPS) is 10.2. The average molecular weight is 292 g/mol. The molecule has 3 nitrogen and oxygen atoms in total. The van der Waals surface area contributed by atoms with Crippen LogP contribution >= 0.6 is 15.9 Å². The smallest absolute Gasteiger partial charge is 0.258 e. The number of nitro benzene ring substituents is 1. The lowest BCUT2D eigenvalue weighted by atomic mass is 10.0. The molecule has 0 aliphatic carbocycles. The van der Waals surface area contributed by atoms with E-state index in [1.807, 2.05) is 36.4 Å². The van der Waals surface area contributed by atoms with Crippen molar-refractivity contribution in [1.29, 1.82) is 0 Å². The van der Waals surface area contributed by atoms with Crippen molar-refractivity contribution in [2.45, 2.75) is 6.42 Å². The van der Waals surface area contributed by atoms with Crippen molar-refractivity contribution in [3.63, 3.8) is 0 Å². The summed E-state index contributed by atoms with van der Waals surface area (Å²) in [5.41, 5.74) is 1.93. The molecule has 86 valence electrons. The molecule has 0 N–H and O–H groups in total. The van der Waals surface area contributed by atoms with E-state index in [0.717, 1.165) is 10.0 Å². The van der Waals surface area contributed by atoms with Gasteiger partial charge in [-0.2, -0.15) is 0 Å². The van der Waals surface area contributed by atoms with E-state index in [0.29, 0.717) is 12.0 Å². The summed E-state index contributed by atoms with van der Waals surface area (Å²) in [7, 11) is 0. The van der Waals surface area contributed by atoms with Crippen LogP contribution in [0.5, 0.6) is 0 Å². The zero-order chi connectivity index (χ0) is 12.3. The first-order valence-corrected chi connectivity index (χ1v) is 5.93. The maximum atomic E-state index is 10.9. The first kappa shape index (κ1) is 11.8. The zero-order valence-corrected chi connectivity index (χ0v) is 10.6. The minimum atomic E-state index is -0.344. The first-order chi connectivity index (χ1) is 8.18. The van der Waals surface area contributed by atoms with Gasteiger partial charge in [-0.15, -0.1) is 0 Å². The van der Waals surface area contributed by atoms with Crippen molar-refractivity contribution in [3.05, 3.63) is 74.2 Å². The van der Waals surface area contributed by atoms with E-state index < -0.39 is 0 Å². The van der Waals surface area contributed by atoms with Gasteiger partial charge in [0.1, 0.15) is 0 Å². The molecule has 0 aromatic heterocycles. The number of halogens is 1. The fourth-order valence-corrected chi connectivity index (χ4v) is 2.19. The molecular formula is C13H10BrNO2. The molecule has 0 fully saturated rings. The predicted octanol–water partition coefficient (Wildman–Crippen LogP) is 3.95. The molecule has 0 radical (unpaired) electrons. The average Bonchev–Trinajstić information content (AvgIpc) is 2.33. The SMILES string of the molecule is O=[N+]([O-])c1cccc(Br)c1Cc1ccccc1. The molecule has 2 aromatic rings. The molecule has 0 bridgehead atoms. The highest BCUT2D eigenvalue weighted by Crippen LogP contribution is 2.28. The highest BCUT2D eigenvalue weighted by molar-refractivity contribution is 9.10. The highest BCUT2D eigenvalue weighted by atomic mass is 79.9. The van der Waals surface area contributed by atoms with Crippen LogP contribution < -0.4 is 0 Å². The monoisotopic (exact) mass is 291 g/mol. The van der Waals surface area contributed by atoms with Crippen LogP contribution in [0.3, 0.4) is 0 Å². The molecular weight excluding hydrogens is 282 g/mol. The Hall–Kier alpha value is -1.68. The molecule has 0 unspecified atom stereocenters. The van der Waals surface area contributed by atoms with Gasteiger partial charge in [0, 0.05) is 22.5 Å². The fourth-order valence-electron chi connectivity index (χ4n) is 1.69. The predicted molar refractivity (Wildman–Crippen MR) is 70.0 cm³/mol. The summed E-state index contributed by atoms with van der Waals surface area (Å²) in [6.45, 7) is 0. The van der Waals surface area contributed by atoms with Crippen LogP contribution in [0.2, 0.25) is 0 Å². The molecule has 4 heteroatoms. The molecule has 2 rings (SSSR count). The second-order valence-electron chi connectivity index (χ2n) is 3.66. The van der Waals surface area contributed by atoms with Crippen molar-refractivity contribution in [2.75, 3.05) is 0 Å². The molecule has 0 amide bonds. The van der Waals surface area contributed by atoms with E-state index in [1.54, 1.807) is 6.07 Å². The van der Waals surface area contributed by atoms with Gasteiger partial charge in [0.25, 0.3) is 5.69 Å². The molecule has 0 saturated heterocycles. The second kappa shape index (κ2) is 5.10. The third-order valence-corrected chi connectivity index (χ3v) is 3.26. The lowest BCUT2D eigenvalue weighted by Crippen LogP contribution is -1.97. The lowest BCUT2D eigenvalue weighted by molar-refractivity contribution is -0.385. The van der Waals surface area contributed by atoms with Crippen LogP contribution in [-0.2, 0) is 6.42 Å². The Morgan fingerprint density at radius 2 is 1.76 bits per heavy atom. The molecule has 0 saturated carbocycles. The maximum Gasteiger partial charge on any atom is 0.274 e. The number of nitro groups is 1. The molecule has 0 aliphatic heterocycles. The summed E-state index contributed by atoms with van der Waals surface area (Å²) in [6, 6.07) is 14.7. The van der Waals surface area contributed by atoms with Gasteiger partial charge in [0.05, 0.1) is 4.92 Å². The fraction of sp³-hybridized carbons (Fsp3) is 0.0769. The largest absolute Gasteiger partial charge is 0.274 e. The summed E-state index contributed by atoms with van der Waals surface area (Å²) < 4.78 is 0.774. The number of benzene rings is 2. The third-order valence-electron chi connectivity index (χ3n) is 2.51. The summed E-state index contributed by atoms with van der Waals surface area (Å²) in [5.74, 6) is 0. The van der Waals surface area contributed by atoms with Crippen LogP contribution in [0.15, 0.2) is 53.0 Å². The summed E-state index contributed by atoms with van der Waals surface area (Å²) in [4.78, 5) is 10.6. The van der Waals surface area contributed by atoms with Crippen molar-refractivity contribution in [1.82, 2.24) is 0 Å². The summed E-state index contributed by atoms with van der Waals surface area (Å²) in [6.07, 6.45) is 0.554. The Morgan fingerprint density at radius 1 is 1.06 bits per heavy atom. The standard InChI is InChI=1S/C13H10BrNO2/c14-12-7-4-8-13(15(16)17)11(12)9-10-5-2-1-3-6-10/h1-8H,9H2. The van der Waals surface area contributed by atoms with Gasteiger partial charge in [-0.05, 0) is 11.6 Å². The van der Waals surface area contributed by atoms with E-state index in [4.69, 9.17) is 0 Å². The Balaban J connectivity index is 2.41. The summed E-state index contributed by atoms with van der Waals surface area (Å²) >= 11 is 3.37. The van der Waals surface area contributed by atoms with Crippen LogP contribution in [0.4, 0.5) is 5.69 Å². The number of rotatable bonds is 3. The van der Waals surface area contributed by atoms with Gasteiger partial charge in [0.15, 0.2) is 0 Å². The second-order valence-corrected chi connectivity index (χ2v) is 4.51. The quantitative estimate of drug-likeness (QED) is 0.635. The van der Waals surface area contributed by atoms with Gasteiger partial charge >= 0.3 is 0 Å². The minimum absolute atomic E-state index is 0.156. The van der Waals surface area contributed by atoms with Crippen LogP contribution in [-0.4, -0.2) is 4.92 Å². The Morgan fingerprint density at radius 3 is 2.41 bits per heavy atom. The van der Waals surface area contributed by atoms with E-state index in [-0.39, 0.29) is 10.6 Å². The van der Waals surface area contributed by atoms with E-state index >= 15 is 0 Å². The van der Waals surface area contributed by atoms with Gasteiger partial charge in [-0.25, -0.2) is 0 Å². The highest BCUT2D eigenvalue weighted by Gasteiger charge is 2.16. The number of hydrogen-bond acceptors (Lipinski definition) is 2. The zero-order valence-electron chi connectivity index (χ0n) is 8.97. The first-order valence-electron chi connectivity index (χ1n) is 5.14. The van der Waals surface area contributed by atoms with Crippen LogP contribution in [0.1, 0.15) is 11.1 Å². The Labute approximate surface area is 107 Å². The van der Waals surface area contributed by atoms with Crippen molar-refractivity contribution >= 4 is 21.6 Å². The van der Waals surface area contributed by atoms with Crippen molar-refractivity contribution in [3.8, 4) is 0 Å². The number of nitrogens with zero attached hydrogens (tertiary/aromatic N) is 1. The third kappa shape index (κ3) is 2.71. The van der Waals surface area contributed by atoms with Crippen LogP contribution in [0, 0.1) is 10.1 Å².